The van der Waals surface area contributed by atoms with Gasteiger partial charge in [-0.25, -0.2) is 0 Å². The minimum atomic E-state index is 0.133. The molecule has 1 aromatic heterocycles. The van der Waals surface area contributed by atoms with Crippen molar-refractivity contribution in [1.82, 2.24) is 4.57 Å². The Balaban J connectivity index is 1.50. The Kier molecular flexibility index (Phi) is 6.21. The Bertz CT molecular complexity index is 1380. The zero-order valence-corrected chi connectivity index (χ0v) is 24.2. The predicted octanol–water partition coefficient (Wildman–Crippen LogP) is 8.29. The van der Waals surface area contributed by atoms with Gasteiger partial charge in [0, 0.05) is 18.3 Å². The molecule has 0 spiro atoms. The third-order valence-corrected chi connectivity index (χ3v) is 8.04. The molecule has 0 atom stereocenters. The average Bonchev–Trinajstić information content (AvgIpc) is 3.37. The molecule has 0 saturated carbocycles. The lowest BCUT2D eigenvalue weighted by Crippen LogP contribution is -2.32. The lowest BCUT2D eigenvalue weighted by molar-refractivity contribution is -0.700. The Morgan fingerprint density at radius 2 is 1.27 bits per heavy atom. The SMILES string of the molecule is Cc1cc(C)c(-n2[c-][n+](CCC3c4cc(C(C)(C)C)ccc4-c4ccc(C(C)(C)C)cc43)cc2)c(C)c1. The van der Waals surface area contributed by atoms with Gasteiger partial charge in [-0.05, 0) is 82.5 Å². The van der Waals surface area contributed by atoms with Gasteiger partial charge in [0.05, 0.1) is 12.2 Å². The minimum Gasteiger partial charge on any atom is -0.326 e. The topological polar surface area (TPSA) is 8.81 Å². The third kappa shape index (κ3) is 4.79. The molecule has 0 aliphatic heterocycles. The smallest absolute Gasteiger partial charge is 0.243 e. The highest BCUT2D eigenvalue weighted by molar-refractivity contribution is 5.79. The number of aromatic nitrogens is 2. The van der Waals surface area contributed by atoms with Crippen molar-refractivity contribution in [3.05, 3.63) is 106 Å². The lowest BCUT2D eigenvalue weighted by Gasteiger charge is -2.22. The van der Waals surface area contributed by atoms with Crippen LogP contribution in [0.5, 0.6) is 0 Å². The molecule has 0 radical (unpaired) electrons. The number of imidazole rings is 1. The van der Waals surface area contributed by atoms with E-state index in [1.165, 1.54) is 55.8 Å². The second-order valence-electron chi connectivity index (χ2n) is 13.2. The van der Waals surface area contributed by atoms with Gasteiger partial charge in [-0.2, -0.15) is 0 Å². The van der Waals surface area contributed by atoms with E-state index in [2.05, 4.69) is 139 Å². The summed E-state index contributed by atoms with van der Waals surface area (Å²) in [6, 6.07) is 18.9. The van der Waals surface area contributed by atoms with Crippen LogP contribution in [0.4, 0.5) is 0 Å². The molecule has 4 aromatic rings. The van der Waals surface area contributed by atoms with E-state index in [0.717, 1.165) is 13.0 Å². The molecule has 3 aromatic carbocycles. The van der Waals surface area contributed by atoms with Crippen LogP contribution in [0.3, 0.4) is 0 Å². The van der Waals surface area contributed by atoms with Crippen molar-refractivity contribution in [2.75, 3.05) is 0 Å². The van der Waals surface area contributed by atoms with Crippen LogP contribution >= 0.6 is 0 Å². The molecular weight excluding hydrogens is 448 g/mol. The standard InChI is InChI=1S/C35H42N2/c1-23-18-24(2)33(25(3)19-23)37-17-16-36(22-37)15-14-30-31-20-26(34(4,5)6)10-12-28(31)29-13-11-27(21-32(29)30)35(7,8)9/h10-13,16-21,30H,14-15H2,1-9H3. The second kappa shape index (κ2) is 9.01. The van der Waals surface area contributed by atoms with Crippen molar-refractivity contribution in [2.45, 2.75) is 92.0 Å². The van der Waals surface area contributed by atoms with E-state index < -0.39 is 0 Å². The summed E-state index contributed by atoms with van der Waals surface area (Å²) in [5, 5.41) is 0. The Hall–Kier alpha value is -3.13. The van der Waals surface area contributed by atoms with Crippen LogP contribution in [0.15, 0.2) is 60.9 Å². The van der Waals surface area contributed by atoms with E-state index in [0.29, 0.717) is 5.92 Å². The third-order valence-electron chi connectivity index (χ3n) is 8.04. The van der Waals surface area contributed by atoms with Gasteiger partial charge in [0.1, 0.15) is 0 Å². The number of hydrogen-bond donors (Lipinski definition) is 0. The summed E-state index contributed by atoms with van der Waals surface area (Å²) in [5.41, 5.74) is 14.0. The van der Waals surface area contributed by atoms with E-state index in [1.807, 2.05) is 0 Å². The summed E-state index contributed by atoms with van der Waals surface area (Å²) in [5.74, 6) is 0.390. The number of aryl methyl sites for hydroxylation is 4. The molecule has 1 heterocycles. The molecule has 0 unspecified atom stereocenters. The molecule has 2 nitrogen and oxygen atoms in total. The largest absolute Gasteiger partial charge is 0.326 e. The predicted molar refractivity (Wildman–Crippen MR) is 155 cm³/mol. The Morgan fingerprint density at radius 1 is 0.757 bits per heavy atom. The van der Waals surface area contributed by atoms with Crippen molar-refractivity contribution >= 4 is 0 Å². The fourth-order valence-electron chi connectivity index (χ4n) is 6.03. The molecule has 37 heavy (non-hydrogen) atoms. The summed E-state index contributed by atoms with van der Waals surface area (Å²) in [4.78, 5) is 0. The number of rotatable bonds is 4. The van der Waals surface area contributed by atoms with Gasteiger partial charge in [-0.15, -0.1) is 0 Å². The van der Waals surface area contributed by atoms with Crippen LogP contribution < -0.4 is 4.57 Å². The second-order valence-corrected chi connectivity index (χ2v) is 13.2. The normalized spacial score (nSPS) is 13.6. The number of nitrogens with zero attached hydrogens (tertiary/aromatic N) is 2. The summed E-state index contributed by atoms with van der Waals surface area (Å²) in [7, 11) is 0. The van der Waals surface area contributed by atoms with Gasteiger partial charge in [-0.3, -0.25) is 0 Å². The molecule has 0 saturated heterocycles. The van der Waals surface area contributed by atoms with Crippen LogP contribution in [-0.2, 0) is 17.4 Å². The molecule has 0 N–H and O–H groups in total. The maximum atomic E-state index is 3.61. The molecule has 0 fully saturated rings. The lowest BCUT2D eigenvalue weighted by atomic mass is 9.82. The van der Waals surface area contributed by atoms with Crippen molar-refractivity contribution in [1.29, 1.82) is 0 Å². The van der Waals surface area contributed by atoms with Crippen LogP contribution in [-0.4, -0.2) is 4.57 Å². The fraction of sp³-hybridized carbons (Fsp3) is 0.400. The van der Waals surface area contributed by atoms with E-state index >= 15 is 0 Å². The fourth-order valence-corrected chi connectivity index (χ4v) is 6.03. The molecular formula is C35H42N2. The maximum absolute atomic E-state index is 3.61. The van der Waals surface area contributed by atoms with Crippen LogP contribution in [0.2, 0.25) is 0 Å². The Labute approximate surface area is 224 Å². The summed E-state index contributed by atoms with van der Waals surface area (Å²) >= 11 is 0. The van der Waals surface area contributed by atoms with E-state index in [-0.39, 0.29) is 10.8 Å². The first-order chi connectivity index (χ1) is 17.3. The van der Waals surface area contributed by atoms with Gasteiger partial charge in [0.15, 0.2) is 0 Å². The average molecular weight is 491 g/mol. The first kappa shape index (κ1) is 25.5. The van der Waals surface area contributed by atoms with Crippen molar-refractivity contribution < 1.29 is 4.57 Å². The summed E-state index contributed by atoms with van der Waals surface area (Å²) in [6.45, 7) is 21.4. The molecule has 0 amide bonds. The molecule has 5 rings (SSSR count). The van der Waals surface area contributed by atoms with Gasteiger partial charge >= 0.3 is 0 Å². The quantitative estimate of drug-likeness (QED) is 0.201. The van der Waals surface area contributed by atoms with Crippen molar-refractivity contribution in [3.8, 4) is 16.8 Å². The van der Waals surface area contributed by atoms with Gasteiger partial charge in [-0.1, -0.05) is 95.6 Å². The van der Waals surface area contributed by atoms with E-state index in [4.69, 9.17) is 0 Å². The van der Waals surface area contributed by atoms with E-state index in [1.54, 1.807) is 0 Å². The van der Waals surface area contributed by atoms with E-state index in [9.17, 15) is 0 Å². The van der Waals surface area contributed by atoms with Crippen LogP contribution in [0, 0.1) is 27.1 Å². The zero-order valence-electron chi connectivity index (χ0n) is 24.2. The molecule has 2 heteroatoms. The molecule has 1 aliphatic carbocycles. The molecule has 0 bridgehead atoms. The number of hydrogen-bond acceptors (Lipinski definition) is 0. The maximum Gasteiger partial charge on any atom is 0.243 e. The van der Waals surface area contributed by atoms with Gasteiger partial charge in [0.2, 0.25) is 6.33 Å². The van der Waals surface area contributed by atoms with Crippen LogP contribution in [0.1, 0.15) is 92.8 Å². The molecule has 192 valence electrons. The number of fused-ring (bicyclic) bond motifs is 3. The van der Waals surface area contributed by atoms with Crippen molar-refractivity contribution in [2.24, 2.45) is 0 Å². The highest BCUT2D eigenvalue weighted by Gasteiger charge is 2.31. The van der Waals surface area contributed by atoms with Gasteiger partial charge < -0.3 is 9.13 Å². The van der Waals surface area contributed by atoms with Crippen molar-refractivity contribution in [3.63, 3.8) is 0 Å². The molecule has 1 aliphatic rings. The first-order valence-electron chi connectivity index (χ1n) is 13.7. The van der Waals surface area contributed by atoms with Crippen LogP contribution in [0.25, 0.3) is 16.8 Å². The summed E-state index contributed by atoms with van der Waals surface area (Å²) in [6.07, 6.45) is 8.98. The monoisotopic (exact) mass is 490 g/mol. The van der Waals surface area contributed by atoms with Gasteiger partial charge in [0.25, 0.3) is 0 Å². The Morgan fingerprint density at radius 3 is 1.76 bits per heavy atom. The number of benzene rings is 3. The first-order valence-corrected chi connectivity index (χ1v) is 13.7. The summed E-state index contributed by atoms with van der Waals surface area (Å²) < 4.78 is 4.40. The minimum absolute atomic E-state index is 0.133. The zero-order chi connectivity index (χ0) is 26.7. The highest BCUT2D eigenvalue weighted by atomic mass is 15.1. The highest BCUT2D eigenvalue weighted by Crippen LogP contribution is 2.48.